The number of fused-ring (bicyclic) bond motifs is 2. The highest BCUT2D eigenvalue weighted by molar-refractivity contribution is 7.08. The van der Waals surface area contributed by atoms with E-state index in [-0.39, 0.29) is 5.97 Å². The predicted molar refractivity (Wildman–Crippen MR) is 133 cm³/mol. The van der Waals surface area contributed by atoms with Gasteiger partial charge in [0.05, 0.1) is 6.61 Å². The Balaban J connectivity index is 1.67. The van der Waals surface area contributed by atoms with Crippen LogP contribution in [0.2, 0.25) is 0 Å². The van der Waals surface area contributed by atoms with Crippen LogP contribution in [0.5, 0.6) is 11.5 Å². The van der Waals surface area contributed by atoms with E-state index in [9.17, 15) is 4.79 Å². The summed E-state index contributed by atoms with van der Waals surface area (Å²) in [6, 6.07) is 21.8. The van der Waals surface area contributed by atoms with E-state index in [2.05, 4.69) is 12.1 Å². The Morgan fingerprint density at radius 3 is 2.70 bits per heavy atom. The molecule has 0 radical (unpaired) electrons. The van der Waals surface area contributed by atoms with E-state index in [1.807, 2.05) is 69.9 Å². The van der Waals surface area contributed by atoms with Crippen LogP contribution in [0.25, 0.3) is 21.7 Å². The minimum absolute atomic E-state index is 0.305. The Hall–Kier alpha value is -3.90. The lowest BCUT2D eigenvalue weighted by Crippen LogP contribution is -2.13. The van der Waals surface area contributed by atoms with Crippen molar-refractivity contribution in [1.82, 2.24) is 4.57 Å². The van der Waals surface area contributed by atoms with Gasteiger partial charge >= 0.3 is 5.97 Å². The van der Waals surface area contributed by atoms with Crippen molar-refractivity contribution in [2.24, 2.45) is 0 Å². The smallest absolute Gasteiger partial charge is 0.354 e. The zero-order chi connectivity index (χ0) is 22.8. The standard InChI is InChI=1S/C27H22N2O3S/c1-2-31-27(30)26-14-20-8-7-18(15-28)11-25(20)29(26)16-21-13-23(32-22-9-10-33-17-22)12-19-5-3-4-6-24(19)21/h3-15,17,28H,2,16H2,1H3. The molecule has 5 rings (SSSR count). The van der Waals surface area contributed by atoms with Crippen LogP contribution < -0.4 is 4.74 Å². The van der Waals surface area contributed by atoms with Crippen molar-refractivity contribution in [2.45, 2.75) is 13.5 Å². The van der Waals surface area contributed by atoms with Crippen molar-refractivity contribution in [3.8, 4) is 11.5 Å². The molecule has 3 aromatic carbocycles. The molecule has 0 bridgehead atoms. The topological polar surface area (TPSA) is 64.3 Å². The van der Waals surface area contributed by atoms with Crippen LogP contribution in [0.15, 0.2) is 77.5 Å². The average molecular weight is 455 g/mol. The first kappa shape index (κ1) is 21.0. The number of ether oxygens (including phenoxy) is 2. The van der Waals surface area contributed by atoms with Crippen molar-refractivity contribution >= 4 is 45.2 Å². The molecule has 0 saturated heterocycles. The first-order valence-corrected chi connectivity index (χ1v) is 11.6. The molecule has 0 spiro atoms. The number of rotatable bonds is 7. The normalized spacial score (nSPS) is 11.1. The number of nitrogens with one attached hydrogen (secondary N) is 1. The largest absolute Gasteiger partial charge is 0.461 e. The number of hydrogen-bond donors (Lipinski definition) is 1. The monoisotopic (exact) mass is 454 g/mol. The van der Waals surface area contributed by atoms with Crippen molar-refractivity contribution < 1.29 is 14.3 Å². The fraction of sp³-hybridized carbons (Fsp3) is 0.111. The number of carbonyl (C=O) groups is 1. The van der Waals surface area contributed by atoms with E-state index in [4.69, 9.17) is 14.9 Å². The number of carbonyl (C=O) groups excluding carboxylic acids is 1. The molecule has 0 aliphatic heterocycles. The van der Waals surface area contributed by atoms with Gasteiger partial charge in [0.25, 0.3) is 0 Å². The Morgan fingerprint density at radius 2 is 1.91 bits per heavy atom. The zero-order valence-corrected chi connectivity index (χ0v) is 18.9. The number of aromatic nitrogens is 1. The van der Waals surface area contributed by atoms with Crippen molar-refractivity contribution in [3.05, 3.63) is 94.3 Å². The van der Waals surface area contributed by atoms with Gasteiger partial charge in [-0.05, 0) is 64.5 Å². The van der Waals surface area contributed by atoms with Gasteiger partial charge in [0, 0.05) is 29.0 Å². The van der Waals surface area contributed by atoms with E-state index in [1.165, 1.54) is 6.21 Å². The third kappa shape index (κ3) is 4.13. The Morgan fingerprint density at radius 1 is 1.03 bits per heavy atom. The Labute approximate surface area is 195 Å². The second kappa shape index (κ2) is 8.92. The lowest BCUT2D eigenvalue weighted by molar-refractivity contribution is 0.0515. The molecule has 5 nitrogen and oxygen atoms in total. The van der Waals surface area contributed by atoms with Gasteiger partial charge in [0.2, 0.25) is 0 Å². The summed E-state index contributed by atoms with van der Waals surface area (Å²) in [4.78, 5) is 12.8. The van der Waals surface area contributed by atoms with Crippen LogP contribution in [0.3, 0.4) is 0 Å². The summed E-state index contributed by atoms with van der Waals surface area (Å²) >= 11 is 1.59. The van der Waals surface area contributed by atoms with Gasteiger partial charge < -0.3 is 19.5 Å². The highest BCUT2D eigenvalue weighted by atomic mass is 32.1. The Bertz CT molecular complexity index is 1470. The summed E-state index contributed by atoms with van der Waals surface area (Å²) in [5.41, 5.74) is 3.17. The third-order valence-electron chi connectivity index (χ3n) is 5.56. The average Bonchev–Trinajstić information content (AvgIpc) is 3.47. The highest BCUT2D eigenvalue weighted by Gasteiger charge is 2.18. The fourth-order valence-electron chi connectivity index (χ4n) is 4.07. The fourth-order valence-corrected chi connectivity index (χ4v) is 4.62. The quantitative estimate of drug-likeness (QED) is 0.216. The molecule has 0 aliphatic carbocycles. The molecule has 6 heteroatoms. The number of esters is 1. The molecule has 0 fully saturated rings. The van der Waals surface area contributed by atoms with Gasteiger partial charge in [-0.15, -0.1) is 11.3 Å². The summed E-state index contributed by atoms with van der Waals surface area (Å²) in [7, 11) is 0. The van der Waals surface area contributed by atoms with Gasteiger partial charge in [-0.1, -0.05) is 36.4 Å². The summed E-state index contributed by atoms with van der Waals surface area (Å²) in [6.07, 6.45) is 1.31. The third-order valence-corrected chi connectivity index (χ3v) is 6.22. The van der Waals surface area contributed by atoms with Gasteiger partial charge in [0.1, 0.15) is 17.2 Å². The maximum atomic E-state index is 12.8. The van der Waals surface area contributed by atoms with Gasteiger partial charge in [-0.2, -0.15) is 0 Å². The molecule has 164 valence electrons. The summed E-state index contributed by atoms with van der Waals surface area (Å²) in [5.74, 6) is 1.19. The molecule has 2 heterocycles. The first-order chi connectivity index (χ1) is 16.2. The van der Waals surface area contributed by atoms with E-state index < -0.39 is 0 Å². The van der Waals surface area contributed by atoms with Gasteiger partial charge in [-0.25, -0.2) is 4.79 Å². The van der Waals surface area contributed by atoms with Gasteiger partial charge in [-0.3, -0.25) is 0 Å². The minimum Gasteiger partial charge on any atom is -0.461 e. The Kier molecular flexibility index (Phi) is 5.67. The second-order valence-electron chi connectivity index (χ2n) is 7.66. The minimum atomic E-state index is -0.361. The molecule has 2 aromatic heterocycles. The van der Waals surface area contributed by atoms with Crippen molar-refractivity contribution in [2.75, 3.05) is 6.61 Å². The van der Waals surface area contributed by atoms with Crippen LogP contribution in [0.4, 0.5) is 0 Å². The van der Waals surface area contributed by atoms with E-state index in [0.717, 1.165) is 44.3 Å². The van der Waals surface area contributed by atoms with Crippen molar-refractivity contribution in [3.63, 3.8) is 0 Å². The molecule has 0 unspecified atom stereocenters. The number of thiophene rings is 1. The maximum absolute atomic E-state index is 12.8. The molecule has 33 heavy (non-hydrogen) atoms. The molecule has 5 aromatic rings. The second-order valence-corrected chi connectivity index (χ2v) is 8.44. The molecular formula is C27H22N2O3S. The zero-order valence-electron chi connectivity index (χ0n) is 18.1. The summed E-state index contributed by atoms with van der Waals surface area (Å²) in [5, 5.41) is 14.7. The molecule has 0 saturated carbocycles. The lowest BCUT2D eigenvalue weighted by atomic mass is 10.0. The van der Waals surface area contributed by atoms with Crippen LogP contribution in [0.1, 0.15) is 28.5 Å². The van der Waals surface area contributed by atoms with Crippen LogP contribution in [0, 0.1) is 5.41 Å². The molecule has 0 aliphatic rings. The predicted octanol–water partition coefficient (Wildman–Crippen LogP) is 6.87. The van der Waals surface area contributed by atoms with Crippen LogP contribution >= 0.6 is 11.3 Å². The molecule has 0 amide bonds. The SMILES string of the molecule is CCOC(=O)c1cc2ccc(C=N)cc2n1Cc1cc(Oc2ccsc2)cc2ccccc12. The van der Waals surface area contributed by atoms with E-state index in [1.54, 1.807) is 18.3 Å². The number of hydrogen-bond acceptors (Lipinski definition) is 5. The lowest BCUT2D eigenvalue weighted by Gasteiger charge is -2.15. The number of nitrogens with zero attached hydrogens (tertiary/aromatic N) is 1. The highest BCUT2D eigenvalue weighted by Crippen LogP contribution is 2.32. The van der Waals surface area contributed by atoms with Crippen LogP contribution in [-0.4, -0.2) is 23.4 Å². The molecule has 1 N–H and O–H groups in total. The number of benzene rings is 3. The maximum Gasteiger partial charge on any atom is 0.354 e. The van der Waals surface area contributed by atoms with E-state index in [0.29, 0.717) is 18.8 Å². The first-order valence-electron chi connectivity index (χ1n) is 10.7. The van der Waals surface area contributed by atoms with Crippen LogP contribution in [-0.2, 0) is 11.3 Å². The van der Waals surface area contributed by atoms with Gasteiger partial charge in [0.15, 0.2) is 0 Å². The molecular weight excluding hydrogens is 432 g/mol. The molecule has 0 atom stereocenters. The van der Waals surface area contributed by atoms with E-state index >= 15 is 0 Å². The summed E-state index contributed by atoms with van der Waals surface area (Å²) in [6.45, 7) is 2.57. The summed E-state index contributed by atoms with van der Waals surface area (Å²) < 4.78 is 13.4. The van der Waals surface area contributed by atoms with Crippen molar-refractivity contribution in [1.29, 1.82) is 5.41 Å².